The van der Waals surface area contributed by atoms with Crippen LogP contribution in [-0.4, -0.2) is 35.0 Å². The molecule has 0 spiro atoms. The van der Waals surface area contributed by atoms with E-state index in [1.54, 1.807) is 11.7 Å². The summed E-state index contributed by atoms with van der Waals surface area (Å²) in [5.74, 6) is 1.00. The van der Waals surface area contributed by atoms with E-state index in [1.165, 1.54) is 0 Å². The number of anilines is 2. The number of rotatable bonds is 2. The molecule has 2 heterocycles. The van der Waals surface area contributed by atoms with Gasteiger partial charge in [0.15, 0.2) is 0 Å². The predicted molar refractivity (Wildman–Crippen MR) is 48.5 cm³/mol. The Morgan fingerprint density at radius 3 is 3.08 bits per heavy atom. The third-order valence-electron chi connectivity index (χ3n) is 2.13. The molecular formula is C7H13N5O. The van der Waals surface area contributed by atoms with Gasteiger partial charge in [-0.05, 0) is 6.42 Å². The molecule has 1 saturated heterocycles. The van der Waals surface area contributed by atoms with Crippen molar-refractivity contribution < 1.29 is 4.74 Å². The molecule has 6 nitrogen and oxygen atoms in total. The third-order valence-corrected chi connectivity index (χ3v) is 2.13. The molecule has 6 heteroatoms. The predicted octanol–water partition coefficient (Wildman–Crippen LogP) is -0.137. The van der Waals surface area contributed by atoms with Crippen LogP contribution in [0.3, 0.4) is 0 Å². The molecule has 1 unspecified atom stereocenters. The third kappa shape index (κ3) is 1.44. The van der Waals surface area contributed by atoms with Gasteiger partial charge < -0.3 is 15.8 Å². The maximum absolute atomic E-state index is 5.69. The van der Waals surface area contributed by atoms with E-state index >= 15 is 0 Å². The Kier molecular flexibility index (Phi) is 2.05. The smallest absolute Gasteiger partial charge is 0.243 e. The SMILES string of the molecule is CNc1nc(N)n(C2CCOC2)n1. The van der Waals surface area contributed by atoms with Gasteiger partial charge in [0.05, 0.1) is 12.6 Å². The summed E-state index contributed by atoms with van der Waals surface area (Å²) in [5, 5.41) is 7.05. The first-order valence-electron chi connectivity index (χ1n) is 4.29. The molecule has 1 aliphatic heterocycles. The highest BCUT2D eigenvalue weighted by Gasteiger charge is 2.21. The molecule has 0 saturated carbocycles. The molecule has 0 bridgehead atoms. The van der Waals surface area contributed by atoms with Crippen LogP contribution in [0, 0.1) is 0 Å². The van der Waals surface area contributed by atoms with Gasteiger partial charge in [0.1, 0.15) is 0 Å². The van der Waals surface area contributed by atoms with Gasteiger partial charge in [0.2, 0.25) is 11.9 Å². The van der Waals surface area contributed by atoms with Crippen molar-refractivity contribution in [1.82, 2.24) is 14.8 Å². The van der Waals surface area contributed by atoms with Gasteiger partial charge in [0, 0.05) is 13.7 Å². The van der Waals surface area contributed by atoms with Gasteiger partial charge in [-0.3, -0.25) is 0 Å². The number of aromatic nitrogens is 3. The molecule has 1 aliphatic rings. The number of hydrogen-bond acceptors (Lipinski definition) is 5. The van der Waals surface area contributed by atoms with E-state index in [9.17, 15) is 0 Å². The Morgan fingerprint density at radius 2 is 2.54 bits per heavy atom. The van der Waals surface area contributed by atoms with Crippen LogP contribution in [0.15, 0.2) is 0 Å². The zero-order valence-electron chi connectivity index (χ0n) is 7.53. The molecule has 13 heavy (non-hydrogen) atoms. The Bertz CT molecular complexity index is 291. The Hall–Kier alpha value is -1.30. The molecule has 2 rings (SSSR count). The molecule has 72 valence electrons. The quantitative estimate of drug-likeness (QED) is 0.667. The molecule has 1 fully saturated rings. The summed E-state index contributed by atoms with van der Waals surface area (Å²) in [6.07, 6.45) is 0.955. The summed E-state index contributed by atoms with van der Waals surface area (Å²) < 4.78 is 6.97. The summed E-state index contributed by atoms with van der Waals surface area (Å²) in [6.45, 7) is 1.45. The molecule has 0 aromatic carbocycles. The van der Waals surface area contributed by atoms with Gasteiger partial charge in [-0.15, -0.1) is 5.10 Å². The van der Waals surface area contributed by atoms with E-state index in [0.29, 0.717) is 18.5 Å². The van der Waals surface area contributed by atoms with Gasteiger partial charge in [-0.2, -0.15) is 4.98 Å². The molecule has 0 radical (unpaired) electrons. The molecule has 3 N–H and O–H groups in total. The fourth-order valence-corrected chi connectivity index (χ4v) is 1.42. The second kappa shape index (κ2) is 3.21. The van der Waals surface area contributed by atoms with Crippen LogP contribution in [0.4, 0.5) is 11.9 Å². The average molecular weight is 183 g/mol. The largest absolute Gasteiger partial charge is 0.379 e. The summed E-state index contributed by atoms with van der Waals surface area (Å²) in [4.78, 5) is 4.04. The van der Waals surface area contributed by atoms with Crippen molar-refractivity contribution in [2.45, 2.75) is 12.5 Å². The second-order valence-corrected chi connectivity index (χ2v) is 3.01. The van der Waals surface area contributed by atoms with Crippen molar-refractivity contribution in [3.63, 3.8) is 0 Å². The van der Waals surface area contributed by atoms with Crippen molar-refractivity contribution in [2.75, 3.05) is 31.3 Å². The van der Waals surface area contributed by atoms with Gasteiger partial charge in [-0.1, -0.05) is 0 Å². The minimum atomic E-state index is 0.245. The van der Waals surface area contributed by atoms with E-state index in [0.717, 1.165) is 13.0 Å². The fourth-order valence-electron chi connectivity index (χ4n) is 1.42. The van der Waals surface area contributed by atoms with Gasteiger partial charge in [-0.25, -0.2) is 4.68 Å². The topological polar surface area (TPSA) is 78.0 Å². The van der Waals surface area contributed by atoms with E-state index in [2.05, 4.69) is 15.4 Å². The number of ether oxygens (including phenoxy) is 1. The Balaban J connectivity index is 2.22. The fraction of sp³-hybridized carbons (Fsp3) is 0.714. The van der Waals surface area contributed by atoms with Crippen LogP contribution in [0.5, 0.6) is 0 Å². The zero-order chi connectivity index (χ0) is 9.26. The van der Waals surface area contributed by atoms with Crippen LogP contribution in [0.1, 0.15) is 12.5 Å². The first-order valence-corrected chi connectivity index (χ1v) is 4.29. The number of nitrogens with two attached hydrogens (primary N) is 1. The average Bonchev–Trinajstić information content (AvgIpc) is 2.72. The molecule has 1 aromatic rings. The van der Waals surface area contributed by atoms with Crippen molar-refractivity contribution >= 4 is 11.9 Å². The lowest BCUT2D eigenvalue weighted by Gasteiger charge is -2.07. The number of nitrogens with one attached hydrogen (secondary N) is 1. The maximum atomic E-state index is 5.69. The summed E-state index contributed by atoms with van der Waals surface area (Å²) in [6, 6.07) is 0.245. The van der Waals surface area contributed by atoms with E-state index in [4.69, 9.17) is 10.5 Å². The Labute approximate surface area is 76.1 Å². The van der Waals surface area contributed by atoms with Crippen LogP contribution in [0.25, 0.3) is 0 Å². The first-order chi connectivity index (χ1) is 6.31. The van der Waals surface area contributed by atoms with Crippen LogP contribution in [0.2, 0.25) is 0 Å². The molecule has 1 aromatic heterocycles. The second-order valence-electron chi connectivity index (χ2n) is 3.01. The minimum Gasteiger partial charge on any atom is -0.379 e. The lowest BCUT2D eigenvalue weighted by Crippen LogP contribution is -2.13. The lowest BCUT2D eigenvalue weighted by atomic mass is 10.3. The number of nitrogens with zero attached hydrogens (tertiary/aromatic N) is 3. The summed E-state index contributed by atoms with van der Waals surface area (Å²) in [5.41, 5.74) is 5.69. The standard InChI is InChI=1S/C7H13N5O/c1-9-7-10-6(8)12(11-7)5-2-3-13-4-5/h5H,2-4H2,1H3,(H3,8,9,10,11). The van der Waals surface area contributed by atoms with E-state index in [-0.39, 0.29) is 6.04 Å². The van der Waals surface area contributed by atoms with Crippen molar-refractivity contribution in [2.24, 2.45) is 0 Å². The van der Waals surface area contributed by atoms with E-state index in [1.807, 2.05) is 0 Å². The van der Waals surface area contributed by atoms with Gasteiger partial charge in [0.25, 0.3) is 0 Å². The van der Waals surface area contributed by atoms with Crippen LogP contribution < -0.4 is 11.1 Å². The summed E-state index contributed by atoms with van der Waals surface area (Å²) in [7, 11) is 1.77. The monoisotopic (exact) mass is 183 g/mol. The number of hydrogen-bond donors (Lipinski definition) is 2. The highest BCUT2D eigenvalue weighted by atomic mass is 16.5. The lowest BCUT2D eigenvalue weighted by molar-refractivity contribution is 0.185. The highest BCUT2D eigenvalue weighted by molar-refractivity contribution is 5.30. The van der Waals surface area contributed by atoms with Crippen molar-refractivity contribution in [1.29, 1.82) is 0 Å². The first kappa shape index (κ1) is 8.31. The van der Waals surface area contributed by atoms with Crippen LogP contribution in [-0.2, 0) is 4.74 Å². The molecule has 1 atom stereocenters. The maximum Gasteiger partial charge on any atom is 0.243 e. The van der Waals surface area contributed by atoms with Gasteiger partial charge >= 0.3 is 0 Å². The molecular weight excluding hydrogens is 170 g/mol. The van der Waals surface area contributed by atoms with Crippen LogP contribution >= 0.6 is 0 Å². The number of nitrogen functional groups attached to an aromatic ring is 1. The molecule has 0 aliphatic carbocycles. The molecule has 0 amide bonds. The zero-order valence-corrected chi connectivity index (χ0v) is 7.53. The van der Waals surface area contributed by atoms with Crippen molar-refractivity contribution in [3.05, 3.63) is 0 Å². The summed E-state index contributed by atoms with van der Waals surface area (Å²) >= 11 is 0. The van der Waals surface area contributed by atoms with E-state index < -0.39 is 0 Å². The minimum absolute atomic E-state index is 0.245. The Morgan fingerprint density at radius 1 is 1.69 bits per heavy atom. The highest BCUT2D eigenvalue weighted by Crippen LogP contribution is 2.21. The van der Waals surface area contributed by atoms with Crippen molar-refractivity contribution in [3.8, 4) is 0 Å². The normalized spacial score (nSPS) is 22.1.